The van der Waals surface area contributed by atoms with Gasteiger partial charge in [0.2, 0.25) is 5.82 Å². The maximum atomic E-state index is 10.3. The van der Waals surface area contributed by atoms with Crippen molar-refractivity contribution in [3.8, 4) is 11.8 Å². The van der Waals surface area contributed by atoms with Gasteiger partial charge in [-0.05, 0) is 38.0 Å². The van der Waals surface area contributed by atoms with E-state index in [9.17, 15) is 20.4 Å². The van der Waals surface area contributed by atoms with Gasteiger partial charge in [0.1, 0.15) is 23.8 Å². The van der Waals surface area contributed by atoms with Crippen molar-refractivity contribution < 1.29 is 25.2 Å². The third-order valence-corrected chi connectivity index (χ3v) is 5.67. The van der Waals surface area contributed by atoms with Gasteiger partial charge in [-0.3, -0.25) is 4.57 Å². The molecule has 156 valence electrons. The van der Waals surface area contributed by atoms with E-state index in [1.165, 1.54) is 10.9 Å². The van der Waals surface area contributed by atoms with E-state index in [-0.39, 0.29) is 11.6 Å². The molecule has 10 nitrogen and oxygen atoms in total. The van der Waals surface area contributed by atoms with Crippen molar-refractivity contribution in [2.45, 2.75) is 68.7 Å². The van der Waals surface area contributed by atoms with Crippen LogP contribution in [0.25, 0.3) is 11.2 Å². The van der Waals surface area contributed by atoms with Crippen LogP contribution < -0.4 is 5.73 Å². The Kier molecular flexibility index (Phi) is 5.42. The number of nitrogens with zero attached hydrogens (tertiary/aromatic N) is 4. The summed E-state index contributed by atoms with van der Waals surface area (Å²) in [5, 5.41) is 39.6. The lowest BCUT2D eigenvalue weighted by Gasteiger charge is -2.36. The minimum absolute atomic E-state index is 0.147. The summed E-state index contributed by atoms with van der Waals surface area (Å²) >= 11 is 0. The number of ether oxygens (including phenoxy) is 1. The molecule has 0 spiro atoms. The number of unbranched alkanes of at least 4 members (excludes halogenated alkanes) is 1. The first-order valence-electron chi connectivity index (χ1n) is 9.76. The SMILES string of the molecule is Nc1nc(C#CCCCC2(O)CCC2)nc2c1ncn2[C@@H]1O[C@H](CO)C(O)C1O. The van der Waals surface area contributed by atoms with Crippen molar-refractivity contribution in [1.82, 2.24) is 19.5 Å². The maximum absolute atomic E-state index is 10.3. The summed E-state index contributed by atoms with van der Waals surface area (Å²) in [6, 6.07) is 0. The van der Waals surface area contributed by atoms with Crippen LogP contribution in [0.1, 0.15) is 50.6 Å². The van der Waals surface area contributed by atoms with E-state index in [0.29, 0.717) is 17.6 Å². The van der Waals surface area contributed by atoms with Crippen molar-refractivity contribution in [1.29, 1.82) is 0 Å². The van der Waals surface area contributed by atoms with Crippen LogP contribution in [0.3, 0.4) is 0 Å². The number of aromatic nitrogens is 4. The number of rotatable bonds is 5. The van der Waals surface area contributed by atoms with Gasteiger partial charge in [0.25, 0.3) is 0 Å². The van der Waals surface area contributed by atoms with E-state index in [4.69, 9.17) is 10.5 Å². The second-order valence-electron chi connectivity index (χ2n) is 7.72. The number of hydrogen-bond donors (Lipinski definition) is 5. The zero-order chi connectivity index (χ0) is 20.6. The first-order chi connectivity index (χ1) is 13.9. The molecule has 2 aromatic heterocycles. The Labute approximate surface area is 167 Å². The quantitative estimate of drug-likeness (QED) is 0.326. The Morgan fingerprint density at radius 2 is 2.07 bits per heavy atom. The topological polar surface area (TPSA) is 160 Å². The summed E-state index contributed by atoms with van der Waals surface area (Å²) in [6.07, 6.45) is 1.98. The number of aliphatic hydroxyl groups is 4. The molecule has 1 saturated carbocycles. The van der Waals surface area contributed by atoms with Gasteiger partial charge in [0.15, 0.2) is 17.7 Å². The fourth-order valence-electron chi connectivity index (χ4n) is 3.77. The van der Waals surface area contributed by atoms with Crippen LogP contribution in [0, 0.1) is 11.8 Å². The molecule has 1 saturated heterocycles. The number of nitrogens with two attached hydrogens (primary N) is 1. The summed E-state index contributed by atoms with van der Waals surface area (Å²) in [5.74, 6) is 6.24. The Balaban J connectivity index is 1.52. The van der Waals surface area contributed by atoms with E-state index in [0.717, 1.165) is 32.1 Å². The summed E-state index contributed by atoms with van der Waals surface area (Å²) in [7, 11) is 0. The summed E-state index contributed by atoms with van der Waals surface area (Å²) in [4.78, 5) is 12.7. The highest BCUT2D eigenvalue weighted by Gasteiger charge is 2.44. The van der Waals surface area contributed by atoms with Gasteiger partial charge < -0.3 is 30.9 Å². The predicted molar refractivity (Wildman–Crippen MR) is 102 cm³/mol. The van der Waals surface area contributed by atoms with Crippen LogP contribution in [0.2, 0.25) is 0 Å². The summed E-state index contributed by atoms with van der Waals surface area (Å²) in [6.45, 7) is -0.426. The van der Waals surface area contributed by atoms with E-state index >= 15 is 0 Å². The third kappa shape index (κ3) is 3.80. The summed E-state index contributed by atoms with van der Waals surface area (Å²) < 4.78 is 6.99. The third-order valence-electron chi connectivity index (χ3n) is 5.67. The summed E-state index contributed by atoms with van der Waals surface area (Å²) in [5.41, 5.74) is 6.12. The Morgan fingerprint density at radius 1 is 1.28 bits per heavy atom. The molecule has 2 fully saturated rings. The van der Waals surface area contributed by atoms with Crippen LogP contribution in [0.5, 0.6) is 0 Å². The van der Waals surface area contributed by atoms with Gasteiger partial charge in [0, 0.05) is 6.42 Å². The van der Waals surface area contributed by atoms with Gasteiger partial charge in [-0.2, -0.15) is 0 Å². The van der Waals surface area contributed by atoms with Crippen LogP contribution >= 0.6 is 0 Å². The predicted octanol–water partition coefficient (Wildman–Crippen LogP) is -0.543. The van der Waals surface area contributed by atoms with Gasteiger partial charge in [-0.1, -0.05) is 5.92 Å². The van der Waals surface area contributed by atoms with Crippen molar-refractivity contribution in [3.05, 3.63) is 12.2 Å². The monoisotopic (exact) mass is 403 g/mol. The average Bonchev–Trinajstić information content (AvgIpc) is 3.22. The Hall–Kier alpha value is -2.29. The molecular weight excluding hydrogens is 378 g/mol. The molecule has 1 aliphatic heterocycles. The highest BCUT2D eigenvalue weighted by Crippen LogP contribution is 2.35. The standard InChI is InChI=1S/C19H25N5O5/c20-16-13-17(24(10-21-13)18-15(27)14(26)11(9-25)29-18)23-12(22-16)5-2-1-3-6-19(28)7-4-8-19/h10-11,14-15,18,25-28H,1,3-4,6-9H2,(H2,20,22,23)/t11-,14?,15?,18-/m1/s1. The second kappa shape index (κ2) is 7.85. The molecular formula is C19H25N5O5. The molecule has 1 aliphatic carbocycles. The number of anilines is 1. The molecule has 29 heavy (non-hydrogen) atoms. The van der Waals surface area contributed by atoms with Gasteiger partial charge >= 0.3 is 0 Å². The Morgan fingerprint density at radius 3 is 2.72 bits per heavy atom. The van der Waals surface area contributed by atoms with Crippen molar-refractivity contribution in [3.63, 3.8) is 0 Å². The zero-order valence-electron chi connectivity index (χ0n) is 15.9. The van der Waals surface area contributed by atoms with Crippen LogP contribution in [-0.2, 0) is 4.74 Å². The van der Waals surface area contributed by atoms with E-state index in [1.54, 1.807) is 0 Å². The van der Waals surface area contributed by atoms with Gasteiger partial charge in [0.05, 0.1) is 18.5 Å². The number of nitrogen functional groups attached to an aromatic ring is 1. The number of fused-ring (bicyclic) bond motifs is 1. The highest BCUT2D eigenvalue weighted by atomic mass is 16.6. The lowest BCUT2D eigenvalue weighted by molar-refractivity contribution is -0.0511. The van der Waals surface area contributed by atoms with Crippen molar-refractivity contribution >= 4 is 17.0 Å². The molecule has 0 aromatic carbocycles. The first-order valence-corrected chi connectivity index (χ1v) is 9.76. The van der Waals surface area contributed by atoms with Crippen LogP contribution in [0.15, 0.2) is 6.33 Å². The van der Waals surface area contributed by atoms with E-state index in [2.05, 4.69) is 26.8 Å². The minimum Gasteiger partial charge on any atom is -0.394 e. The van der Waals surface area contributed by atoms with E-state index in [1.807, 2.05) is 0 Å². The first kappa shape index (κ1) is 20.0. The molecule has 3 heterocycles. The largest absolute Gasteiger partial charge is 0.394 e. The van der Waals surface area contributed by atoms with Crippen molar-refractivity contribution in [2.75, 3.05) is 12.3 Å². The minimum atomic E-state index is -1.26. The molecule has 0 radical (unpaired) electrons. The molecule has 0 bridgehead atoms. The molecule has 4 atom stereocenters. The Bertz CT molecular complexity index is 948. The number of aliphatic hydroxyl groups excluding tert-OH is 3. The molecule has 6 N–H and O–H groups in total. The smallest absolute Gasteiger partial charge is 0.208 e. The average molecular weight is 403 g/mol. The zero-order valence-corrected chi connectivity index (χ0v) is 15.9. The molecule has 10 heteroatoms. The normalized spacial score (nSPS) is 28.1. The molecule has 2 aromatic rings. The fraction of sp³-hybridized carbons (Fsp3) is 0.632. The maximum Gasteiger partial charge on any atom is 0.208 e. The van der Waals surface area contributed by atoms with Crippen molar-refractivity contribution in [2.24, 2.45) is 0 Å². The molecule has 4 rings (SSSR count). The van der Waals surface area contributed by atoms with Gasteiger partial charge in [-0.15, -0.1) is 0 Å². The van der Waals surface area contributed by atoms with Crippen LogP contribution in [-0.4, -0.2) is 70.5 Å². The van der Waals surface area contributed by atoms with Gasteiger partial charge in [-0.25, -0.2) is 15.0 Å². The second-order valence-corrected chi connectivity index (χ2v) is 7.72. The molecule has 0 amide bonds. The number of imidazole rings is 1. The molecule has 2 aliphatic rings. The fourth-order valence-corrected chi connectivity index (χ4v) is 3.77. The highest BCUT2D eigenvalue weighted by molar-refractivity contribution is 5.82. The van der Waals surface area contributed by atoms with Crippen LogP contribution in [0.4, 0.5) is 5.82 Å². The van der Waals surface area contributed by atoms with E-state index < -0.39 is 36.7 Å². The number of hydrogen-bond acceptors (Lipinski definition) is 9. The lowest BCUT2D eigenvalue weighted by atomic mass is 9.77. The lowest BCUT2D eigenvalue weighted by Crippen LogP contribution is -2.36. The molecule has 2 unspecified atom stereocenters.